The molecule has 0 atom stereocenters. The number of carbonyl (C=O) groups excluding carboxylic acids is 1. The number of carbonyl (C=O) groups is 1. The molecule has 2 aromatic carbocycles. The number of rotatable bonds is 7. The molecule has 2 N–H and O–H groups in total. The molecule has 2 rings (SSSR count). The topological polar surface area (TPSA) is 93.7 Å². The molecule has 0 unspecified atom stereocenters. The molecule has 0 saturated carbocycles. The van der Waals surface area contributed by atoms with Gasteiger partial charge in [-0.15, -0.1) is 0 Å². The van der Waals surface area contributed by atoms with Crippen LogP contribution in [0.1, 0.15) is 24.2 Å². The SMILES string of the molecule is COc1cc(OC)c(NC(=O)c2ccc(S(=O)(=O)NC(C)C)cc2)cc1Cl. The third kappa shape index (κ3) is 5.12. The first-order valence-corrected chi connectivity index (χ1v) is 9.89. The van der Waals surface area contributed by atoms with E-state index in [1.807, 2.05) is 0 Å². The van der Waals surface area contributed by atoms with Crippen molar-refractivity contribution in [2.45, 2.75) is 24.8 Å². The maximum absolute atomic E-state index is 12.5. The third-order valence-corrected chi connectivity index (χ3v) is 5.51. The number of benzene rings is 2. The molecule has 0 radical (unpaired) electrons. The largest absolute Gasteiger partial charge is 0.495 e. The predicted octanol–water partition coefficient (Wildman–Crippen LogP) is 3.30. The maximum atomic E-state index is 12.5. The quantitative estimate of drug-likeness (QED) is 0.727. The second-order valence-corrected chi connectivity index (χ2v) is 8.06. The van der Waals surface area contributed by atoms with E-state index in [0.29, 0.717) is 22.2 Å². The molecule has 9 heteroatoms. The Morgan fingerprint density at radius 2 is 1.63 bits per heavy atom. The van der Waals surface area contributed by atoms with Crippen molar-refractivity contribution in [2.24, 2.45) is 0 Å². The Morgan fingerprint density at radius 1 is 1.04 bits per heavy atom. The zero-order valence-electron chi connectivity index (χ0n) is 15.4. The average Bonchev–Trinajstić information content (AvgIpc) is 2.61. The van der Waals surface area contributed by atoms with Crippen molar-refractivity contribution >= 4 is 33.2 Å². The number of methoxy groups -OCH3 is 2. The zero-order valence-corrected chi connectivity index (χ0v) is 16.9. The minimum atomic E-state index is -3.62. The molecule has 7 nitrogen and oxygen atoms in total. The van der Waals surface area contributed by atoms with Gasteiger partial charge in [0.25, 0.3) is 5.91 Å². The first-order chi connectivity index (χ1) is 12.7. The fraction of sp³-hybridized carbons (Fsp3) is 0.278. The fourth-order valence-electron chi connectivity index (χ4n) is 2.32. The molecular weight excluding hydrogens is 392 g/mol. The highest BCUT2D eigenvalue weighted by Gasteiger charge is 2.17. The van der Waals surface area contributed by atoms with Crippen LogP contribution in [-0.2, 0) is 10.0 Å². The lowest BCUT2D eigenvalue weighted by Gasteiger charge is -2.13. The Hall–Kier alpha value is -2.29. The van der Waals surface area contributed by atoms with Crippen LogP contribution >= 0.6 is 11.6 Å². The summed E-state index contributed by atoms with van der Waals surface area (Å²) in [5.41, 5.74) is 0.652. The van der Waals surface area contributed by atoms with Crippen molar-refractivity contribution in [1.82, 2.24) is 4.72 Å². The Balaban J connectivity index is 2.23. The van der Waals surface area contributed by atoms with E-state index < -0.39 is 15.9 Å². The third-order valence-electron chi connectivity index (χ3n) is 3.54. The number of hydrogen-bond acceptors (Lipinski definition) is 5. The van der Waals surface area contributed by atoms with Crippen molar-refractivity contribution < 1.29 is 22.7 Å². The number of anilines is 1. The molecule has 0 saturated heterocycles. The Kier molecular flexibility index (Phi) is 6.69. The highest BCUT2D eigenvalue weighted by atomic mass is 35.5. The fourth-order valence-corrected chi connectivity index (χ4v) is 3.81. The number of ether oxygens (including phenoxy) is 2. The van der Waals surface area contributed by atoms with Crippen LogP contribution in [0.5, 0.6) is 11.5 Å². The van der Waals surface area contributed by atoms with Gasteiger partial charge in [-0.05, 0) is 44.2 Å². The first-order valence-electron chi connectivity index (χ1n) is 8.03. The summed E-state index contributed by atoms with van der Waals surface area (Å²) in [7, 11) is -0.685. The van der Waals surface area contributed by atoms with Gasteiger partial charge in [0.2, 0.25) is 10.0 Å². The summed E-state index contributed by atoms with van der Waals surface area (Å²) < 4.78 is 37.1. The van der Waals surface area contributed by atoms with Crippen LogP contribution in [-0.4, -0.2) is 34.6 Å². The molecule has 0 aromatic heterocycles. The van der Waals surface area contributed by atoms with E-state index in [1.165, 1.54) is 44.6 Å². The van der Waals surface area contributed by atoms with E-state index in [0.717, 1.165) is 0 Å². The molecule has 0 aliphatic rings. The van der Waals surface area contributed by atoms with Gasteiger partial charge in [-0.2, -0.15) is 0 Å². The summed E-state index contributed by atoms with van der Waals surface area (Å²) in [6, 6.07) is 8.46. The lowest BCUT2D eigenvalue weighted by Crippen LogP contribution is -2.30. The van der Waals surface area contributed by atoms with Gasteiger partial charge in [0.15, 0.2) is 0 Å². The van der Waals surface area contributed by atoms with E-state index in [4.69, 9.17) is 21.1 Å². The smallest absolute Gasteiger partial charge is 0.255 e. The standard InChI is InChI=1S/C18H21ClN2O5S/c1-11(2)21-27(23,24)13-7-5-12(6-8-13)18(22)20-15-9-14(19)16(25-3)10-17(15)26-4/h5-11,21H,1-4H3,(H,20,22). The summed E-state index contributed by atoms with van der Waals surface area (Å²) in [6.07, 6.45) is 0. The van der Waals surface area contributed by atoms with Gasteiger partial charge in [-0.1, -0.05) is 11.6 Å². The molecule has 27 heavy (non-hydrogen) atoms. The van der Waals surface area contributed by atoms with Gasteiger partial charge < -0.3 is 14.8 Å². The molecule has 0 bridgehead atoms. The van der Waals surface area contributed by atoms with E-state index in [1.54, 1.807) is 19.9 Å². The van der Waals surface area contributed by atoms with Gasteiger partial charge in [0, 0.05) is 17.7 Å². The van der Waals surface area contributed by atoms with Crippen LogP contribution in [0.2, 0.25) is 5.02 Å². The van der Waals surface area contributed by atoms with Gasteiger partial charge in [0.05, 0.1) is 29.8 Å². The van der Waals surface area contributed by atoms with Gasteiger partial charge in [0.1, 0.15) is 11.5 Å². The predicted molar refractivity (Wildman–Crippen MR) is 104 cm³/mol. The molecule has 0 aliphatic carbocycles. The number of nitrogens with one attached hydrogen (secondary N) is 2. The average molecular weight is 413 g/mol. The van der Waals surface area contributed by atoms with Crippen LogP contribution in [0.15, 0.2) is 41.3 Å². The summed E-state index contributed by atoms with van der Waals surface area (Å²) >= 11 is 6.09. The molecule has 0 spiro atoms. The first kappa shape index (κ1) is 21.0. The van der Waals surface area contributed by atoms with Crippen molar-refractivity contribution in [3.05, 3.63) is 47.0 Å². The van der Waals surface area contributed by atoms with Gasteiger partial charge in [-0.25, -0.2) is 13.1 Å². The number of sulfonamides is 1. The highest BCUT2D eigenvalue weighted by Crippen LogP contribution is 2.36. The monoisotopic (exact) mass is 412 g/mol. The summed E-state index contributed by atoms with van der Waals surface area (Å²) in [5.74, 6) is 0.360. The molecule has 2 aromatic rings. The van der Waals surface area contributed by atoms with E-state index in [-0.39, 0.29) is 16.5 Å². The summed E-state index contributed by atoms with van der Waals surface area (Å²) in [5, 5.41) is 3.01. The van der Waals surface area contributed by atoms with E-state index >= 15 is 0 Å². The lowest BCUT2D eigenvalue weighted by atomic mass is 10.2. The van der Waals surface area contributed by atoms with Gasteiger partial charge >= 0.3 is 0 Å². The molecule has 0 aliphatic heterocycles. The summed E-state index contributed by atoms with van der Waals surface area (Å²) in [6.45, 7) is 3.46. The highest BCUT2D eigenvalue weighted by molar-refractivity contribution is 7.89. The number of amides is 1. The minimum Gasteiger partial charge on any atom is -0.495 e. The molecule has 0 heterocycles. The summed E-state index contributed by atoms with van der Waals surface area (Å²) in [4.78, 5) is 12.6. The zero-order chi connectivity index (χ0) is 20.2. The van der Waals surface area contributed by atoms with Crippen LogP contribution in [0, 0.1) is 0 Å². The van der Waals surface area contributed by atoms with Crippen LogP contribution < -0.4 is 19.5 Å². The number of halogens is 1. The van der Waals surface area contributed by atoms with Crippen LogP contribution in [0.4, 0.5) is 5.69 Å². The van der Waals surface area contributed by atoms with Crippen molar-refractivity contribution in [2.75, 3.05) is 19.5 Å². The van der Waals surface area contributed by atoms with Crippen molar-refractivity contribution in [3.63, 3.8) is 0 Å². The second kappa shape index (κ2) is 8.60. The Labute approximate surface area is 163 Å². The maximum Gasteiger partial charge on any atom is 0.255 e. The normalized spacial score (nSPS) is 11.3. The Bertz CT molecular complexity index is 928. The van der Waals surface area contributed by atoms with E-state index in [2.05, 4.69) is 10.0 Å². The van der Waals surface area contributed by atoms with E-state index in [9.17, 15) is 13.2 Å². The van der Waals surface area contributed by atoms with Crippen molar-refractivity contribution in [3.8, 4) is 11.5 Å². The molecule has 0 fully saturated rings. The Morgan fingerprint density at radius 3 is 2.15 bits per heavy atom. The molecule has 1 amide bonds. The van der Waals surface area contributed by atoms with Crippen molar-refractivity contribution in [1.29, 1.82) is 0 Å². The lowest BCUT2D eigenvalue weighted by molar-refractivity contribution is 0.102. The van der Waals surface area contributed by atoms with Gasteiger partial charge in [-0.3, -0.25) is 4.79 Å². The molecular formula is C18H21ClN2O5S. The minimum absolute atomic E-state index is 0.0813. The number of hydrogen-bond donors (Lipinski definition) is 2. The molecule has 146 valence electrons. The van der Waals surface area contributed by atoms with Crippen LogP contribution in [0.25, 0.3) is 0 Å². The second-order valence-electron chi connectivity index (χ2n) is 5.94. The van der Waals surface area contributed by atoms with Crippen LogP contribution in [0.3, 0.4) is 0 Å².